The van der Waals surface area contributed by atoms with Crippen molar-refractivity contribution in [1.29, 1.82) is 0 Å². The summed E-state index contributed by atoms with van der Waals surface area (Å²) in [5.74, 6) is -0.0223. The molecular formula is C12H14ClN3O2. The van der Waals surface area contributed by atoms with Gasteiger partial charge in [-0.3, -0.25) is 9.59 Å². The molecule has 1 heterocycles. The summed E-state index contributed by atoms with van der Waals surface area (Å²) in [7, 11) is 0. The molecule has 2 amide bonds. The Kier molecular flexibility index (Phi) is 4.15. The first-order chi connectivity index (χ1) is 8.68. The number of aromatic nitrogens is 1. The third-order valence-electron chi connectivity index (χ3n) is 2.66. The van der Waals surface area contributed by atoms with Crippen molar-refractivity contribution in [1.82, 2.24) is 15.6 Å². The van der Waals surface area contributed by atoms with Crippen LogP contribution in [0.3, 0.4) is 0 Å². The lowest BCUT2D eigenvalue weighted by atomic mass is 10.2. The van der Waals surface area contributed by atoms with Gasteiger partial charge in [0, 0.05) is 25.2 Å². The van der Waals surface area contributed by atoms with Gasteiger partial charge in [0.05, 0.1) is 5.56 Å². The molecule has 1 saturated carbocycles. The zero-order chi connectivity index (χ0) is 13.0. The number of hydrogen-bond acceptors (Lipinski definition) is 3. The Balaban J connectivity index is 1.71. The number of carbonyl (C=O) groups excluding carboxylic acids is 2. The number of amides is 2. The van der Waals surface area contributed by atoms with E-state index in [1.54, 1.807) is 12.1 Å². The molecular weight excluding hydrogens is 254 g/mol. The molecule has 2 rings (SSSR count). The van der Waals surface area contributed by atoms with Crippen LogP contribution in [0, 0.1) is 5.92 Å². The molecule has 1 aromatic rings. The second-order valence-corrected chi connectivity index (χ2v) is 4.52. The van der Waals surface area contributed by atoms with Crippen molar-refractivity contribution in [2.45, 2.75) is 12.8 Å². The molecule has 2 N–H and O–H groups in total. The number of halogens is 1. The van der Waals surface area contributed by atoms with Crippen LogP contribution < -0.4 is 10.6 Å². The largest absolute Gasteiger partial charge is 0.354 e. The van der Waals surface area contributed by atoms with Crippen molar-refractivity contribution in [3.05, 3.63) is 29.0 Å². The number of pyridine rings is 1. The lowest BCUT2D eigenvalue weighted by Gasteiger charge is -2.07. The molecule has 1 aromatic heterocycles. The molecule has 0 aromatic carbocycles. The number of nitrogens with one attached hydrogen (secondary N) is 2. The molecule has 0 atom stereocenters. The minimum Gasteiger partial charge on any atom is -0.354 e. The van der Waals surface area contributed by atoms with Gasteiger partial charge >= 0.3 is 0 Å². The summed E-state index contributed by atoms with van der Waals surface area (Å²) in [6, 6.07) is 3.25. The molecule has 1 fully saturated rings. The monoisotopic (exact) mass is 267 g/mol. The van der Waals surface area contributed by atoms with E-state index in [0.29, 0.717) is 18.7 Å². The number of rotatable bonds is 5. The Hall–Kier alpha value is -1.62. The van der Waals surface area contributed by atoms with Crippen LogP contribution in [0.5, 0.6) is 0 Å². The first-order valence-electron chi connectivity index (χ1n) is 5.85. The quantitative estimate of drug-likeness (QED) is 0.617. The van der Waals surface area contributed by atoms with Crippen LogP contribution in [-0.4, -0.2) is 29.9 Å². The van der Waals surface area contributed by atoms with Crippen molar-refractivity contribution in [2.75, 3.05) is 13.1 Å². The van der Waals surface area contributed by atoms with E-state index in [1.807, 2.05) is 0 Å². The number of hydrogen-bond donors (Lipinski definition) is 2. The van der Waals surface area contributed by atoms with E-state index in [2.05, 4.69) is 15.6 Å². The molecule has 0 spiro atoms. The summed E-state index contributed by atoms with van der Waals surface area (Å²) < 4.78 is 0. The zero-order valence-corrected chi connectivity index (χ0v) is 10.5. The Labute approximate surface area is 110 Å². The zero-order valence-electron chi connectivity index (χ0n) is 9.78. The summed E-state index contributed by atoms with van der Waals surface area (Å²) in [6.07, 6.45) is 3.47. The van der Waals surface area contributed by atoms with Crippen molar-refractivity contribution >= 4 is 23.4 Å². The summed E-state index contributed by atoms with van der Waals surface area (Å²) in [5, 5.41) is 5.62. The highest BCUT2D eigenvalue weighted by molar-refractivity contribution is 6.32. The lowest BCUT2D eigenvalue weighted by Crippen LogP contribution is -2.35. The van der Waals surface area contributed by atoms with E-state index in [1.165, 1.54) is 6.20 Å². The normalized spacial score (nSPS) is 14.1. The van der Waals surface area contributed by atoms with E-state index in [4.69, 9.17) is 11.6 Å². The second kappa shape index (κ2) is 5.82. The highest BCUT2D eigenvalue weighted by atomic mass is 35.5. The van der Waals surface area contributed by atoms with E-state index < -0.39 is 0 Å². The fourth-order valence-corrected chi connectivity index (χ4v) is 1.71. The maximum absolute atomic E-state index is 11.7. The SMILES string of the molecule is O=C(NCCNC(=O)C1CC1)c1cccnc1Cl. The van der Waals surface area contributed by atoms with Crippen molar-refractivity contribution in [3.63, 3.8) is 0 Å². The first-order valence-corrected chi connectivity index (χ1v) is 6.22. The Bertz CT molecular complexity index is 460. The molecule has 0 unspecified atom stereocenters. The second-order valence-electron chi connectivity index (χ2n) is 4.16. The van der Waals surface area contributed by atoms with E-state index >= 15 is 0 Å². The molecule has 0 radical (unpaired) electrons. The van der Waals surface area contributed by atoms with Crippen LogP contribution in [-0.2, 0) is 4.79 Å². The van der Waals surface area contributed by atoms with E-state index in [-0.39, 0.29) is 22.9 Å². The first kappa shape index (κ1) is 12.8. The van der Waals surface area contributed by atoms with E-state index in [9.17, 15) is 9.59 Å². The number of nitrogens with zero attached hydrogens (tertiary/aromatic N) is 1. The minimum atomic E-state index is -0.284. The highest BCUT2D eigenvalue weighted by Crippen LogP contribution is 2.28. The molecule has 0 aliphatic heterocycles. The van der Waals surface area contributed by atoms with Crippen LogP contribution in [0.4, 0.5) is 0 Å². The summed E-state index contributed by atoms with van der Waals surface area (Å²) >= 11 is 5.79. The van der Waals surface area contributed by atoms with Crippen LogP contribution in [0.25, 0.3) is 0 Å². The number of carbonyl (C=O) groups is 2. The van der Waals surface area contributed by atoms with Crippen LogP contribution in [0.15, 0.2) is 18.3 Å². The molecule has 18 heavy (non-hydrogen) atoms. The van der Waals surface area contributed by atoms with Gasteiger partial charge in [0.1, 0.15) is 5.15 Å². The minimum absolute atomic E-state index is 0.0728. The van der Waals surface area contributed by atoms with Gasteiger partial charge in [0.15, 0.2) is 0 Å². The van der Waals surface area contributed by atoms with E-state index in [0.717, 1.165) is 12.8 Å². The van der Waals surface area contributed by atoms with Gasteiger partial charge in [0.25, 0.3) is 5.91 Å². The lowest BCUT2D eigenvalue weighted by molar-refractivity contribution is -0.122. The highest BCUT2D eigenvalue weighted by Gasteiger charge is 2.28. The standard InChI is InChI=1S/C12H14ClN3O2/c13-10-9(2-1-5-14-10)12(18)16-7-6-15-11(17)8-3-4-8/h1-2,5,8H,3-4,6-7H2,(H,15,17)(H,16,18). The third-order valence-corrected chi connectivity index (χ3v) is 2.96. The molecule has 5 nitrogen and oxygen atoms in total. The summed E-state index contributed by atoms with van der Waals surface area (Å²) in [5.41, 5.74) is 0.340. The predicted octanol–water partition coefficient (Wildman–Crippen LogP) is 0.991. The molecule has 0 bridgehead atoms. The average molecular weight is 268 g/mol. The van der Waals surface area contributed by atoms with Gasteiger partial charge in [-0.1, -0.05) is 11.6 Å². The van der Waals surface area contributed by atoms with Crippen molar-refractivity contribution in [2.24, 2.45) is 5.92 Å². The van der Waals surface area contributed by atoms with Crippen molar-refractivity contribution < 1.29 is 9.59 Å². The van der Waals surface area contributed by atoms with Gasteiger partial charge in [-0.15, -0.1) is 0 Å². The fraction of sp³-hybridized carbons (Fsp3) is 0.417. The molecule has 1 aliphatic rings. The van der Waals surface area contributed by atoms with Crippen LogP contribution in [0.2, 0.25) is 5.15 Å². The van der Waals surface area contributed by atoms with Gasteiger partial charge in [-0.25, -0.2) is 4.98 Å². The average Bonchev–Trinajstić information content (AvgIpc) is 3.19. The fourth-order valence-electron chi connectivity index (χ4n) is 1.50. The summed E-state index contributed by atoms with van der Waals surface area (Å²) in [4.78, 5) is 26.9. The van der Waals surface area contributed by atoms with Crippen LogP contribution >= 0.6 is 11.6 Å². The molecule has 0 saturated heterocycles. The van der Waals surface area contributed by atoms with Crippen LogP contribution in [0.1, 0.15) is 23.2 Å². The van der Waals surface area contributed by atoms with Gasteiger partial charge in [-0.05, 0) is 25.0 Å². The smallest absolute Gasteiger partial charge is 0.254 e. The Morgan fingerprint density at radius 3 is 2.72 bits per heavy atom. The van der Waals surface area contributed by atoms with Gasteiger partial charge < -0.3 is 10.6 Å². The molecule has 1 aliphatic carbocycles. The van der Waals surface area contributed by atoms with Crippen molar-refractivity contribution in [3.8, 4) is 0 Å². The Morgan fingerprint density at radius 1 is 1.33 bits per heavy atom. The third kappa shape index (κ3) is 3.43. The topological polar surface area (TPSA) is 71.1 Å². The maximum Gasteiger partial charge on any atom is 0.254 e. The molecule has 96 valence electrons. The summed E-state index contributed by atoms with van der Waals surface area (Å²) in [6.45, 7) is 0.807. The Morgan fingerprint density at radius 2 is 2.06 bits per heavy atom. The van der Waals surface area contributed by atoms with Gasteiger partial charge in [-0.2, -0.15) is 0 Å². The van der Waals surface area contributed by atoms with Gasteiger partial charge in [0.2, 0.25) is 5.91 Å². The molecule has 6 heteroatoms. The predicted molar refractivity (Wildman–Crippen MR) is 67.3 cm³/mol. The maximum atomic E-state index is 11.7.